The SMILES string of the molecule is C#C[C@@]1(O)CC[C@@H]2[C@H]3CCc4cc(OC5OC(C(=O)O)C(O)C(O)C5O)ccc4[C@@H]3CC[C@]21C. The van der Waals surface area contributed by atoms with Crippen LogP contribution < -0.4 is 4.74 Å². The fourth-order valence-electron chi connectivity index (χ4n) is 7.17. The molecule has 3 aliphatic carbocycles. The van der Waals surface area contributed by atoms with Gasteiger partial charge >= 0.3 is 5.97 Å². The van der Waals surface area contributed by atoms with E-state index in [1.165, 1.54) is 5.56 Å². The average Bonchev–Trinajstić information content (AvgIpc) is 3.10. The first-order chi connectivity index (χ1) is 16.1. The minimum Gasteiger partial charge on any atom is -0.479 e. The molecule has 0 amide bonds. The fourth-order valence-corrected chi connectivity index (χ4v) is 7.17. The van der Waals surface area contributed by atoms with E-state index in [0.717, 1.165) is 37.7 Å². The first kappa shape index (κ1) is 23.6. The molecule has 3 fully saturated rings. The van der Waals surface area contributed by atoms with Gasteiger partial charge in [-0.05, 0) is 79.5 Å². The second kappa shape index (κ2) is 8.21. The molecule has 0 radical (unpaired) electrons. The highest BCUT2D eigenvalue weighted by molar-refractivity contribution is 5.73. The van der Waals surface area contributed by atoms with Crippen molar-refractivity contribution in [3.05, 3.63) is 29.3 Å². The van der Waals surface area contributed by atoms with Crippen LogP contribution in [0.15, 0.2) is 18.2 Å². The lowest BCUT2D eigenvalue weighted by Gasteiger charge is -2.52. The second-order valence-electron chi connectivity index (χ2n) is 10.6. The van der Waals surface area contributed by atoms with E-state index >= 15 is 0 Å². The Hall–Kier alpha value is -2.15. The smallest absolute Gasteiger partial charge is 0.335 e. The second-order valence-corrected chi connectivity index (χ2v) is 10.6. The lowest BCUT2D eigenvalue weighted by atomic mass is 9.53. The van der Waals surface area contributed by atoms with Crippen molar-refractivity contribution < 1.29 is 39.8 Å². The van der Waals surface area contributed by atoms with Crippen molar-refractivity contribution in [3.63, 3.8) is 0 Å². The summed E-state index contributed by atoms with van der Waals surface area (Å²) in [6, 6.07) is 5.67. The van der Waals surface area contributed by atoms with E-state index in [9.17, 15) is 30.3 Å². The highest BCUT2D eigenvalue weighted by Gasteiger charge is 2.61. The Bertz CT molecular complexity index is 1020. The van der Waals surface area contributed by atoms with Crippen LogP contribution in [0.25, 0.3) is 0 Å². The Morgan fingerprint density at radius 3 is 2.62 bits per heavy atom. The van der Waals surface area contributed by atoms with E-state index in [2.05, 4.69) is 12.8 Å². The Kier molecular flexibility index (Phi) is 5.70. The summed E-state index contributed by atoms with van der Waals surface area (Å²) in [6.07, 6.45) is 2.78. The molecule has 1 heterocycles. The largest absolute Gasteiger partial charge is 0.479 e. The standard InChI is InChI=1S/C26H32O8/c1-3-26(32)11-9-18-17-6-4-13-12-14(5-7-15(13)16(17)8-10-25(18,26)2)33-24-21(29)19(27)20(28)22(34-24)23(30)31/h1,5,7,12,16-22,24,27-29,32H,4,6,8-11H2,2H3,(H,30,31)/t16-,17-,18+,19?,20?,21?,22?,24?,25+,26+/m0/s1. The topological polar surface area (TPSA) is 137 Å². The molecule has 1 aromatic rings. The summed E-state index contributed by atoms with van der Waals surface area (Å²) in [5.41, 5.74) is 1.09. The van der Waals surface area contributed by atoms with E-state index in [4.69, 9.17) is 15.9 Å². The number of hydrogen-bond acceptors (Lipinski definition) is 7. The van der Waals surface area contributed by atoms with Crippen LogP contribution in [0.3, 0.4) is 0 Å². The van der Waals surface area contributed by atoms with Crippen LogP contribution in [0.5, 0.6) is 5.75 Å². The number of aliphatic carboxylic acids is 1. The van der Waals surface area contributed by atoms with Gasteiger partial charge in [0.15, 0.2) is 6.10 Å². The van der Waals surface area contributed by atoms with E-state index in [-0.39, 0.29) is 5.41 Å². The van der Waals surface area contributed by atoms with Crippen molar-refractivity contribution in [3.8, 4) is 18.1 Å². The van der Waals surface area contributed by atoms with Gasteiger partial charge in [0.05, 0.1) is 0 Å². The number of aliphatic hydroxyl groups excluding tert-OH is 3. The van der Waals surface area contributed by atoms with Crippen molar-refractivity contribution in [2.24, 2.45) is 17.3 Å². The molecule has 1 saturated heterocycles. The van der Waals surface area contributed by atoms with Crippen molar-refractivity contribution in [1.82, 2.24) is 0 Å². The van der Waals surface area contributed by atoms with Crippen LogP contribution >= 0.6 is 0 Å². The molecule has 0 spiro atoms. The van der Waals surface area contributed by atoms with Gasteiger partial charge in [0.25, 0.3) is 0 Å². The van der Waals surface area contributed by atoms with Crippen LogP contribution in [0, 0.1) is 29.6 Å². The first-order valence-corrected chi connectivity index (χ1v) is 12.0. The van der Waals surface area contributed by atoms with Gasteiger partial charge in [0.2, 0.25) is 6.29 Å². The molecule has 1 aromatic carbocycles. The molecule has 5 N–H and O–H groups in total. The zero-order chi connectivity index (χ0) is 24.4. The third-order valence-corrected chi connectivity index (χ3v) is 9.15. The highest BCUT2D eigenvalue weighted by atomic mass is 16.7. The molecular formula is C26H32O8. The first-order valence-electron chi connectivity index (χ1n) is 12.0. The molecule has 10 atom stereocenters. The molecule has 0 aromatic heterocycles. The zero-order valence-corrected chi connectivity index (χ0v) is 19.1. The van der Waals surface area contributed by atoms with Gasteiger partial charge in [-0.1, -0.05) is 18.9 Å². The number of aryl methyl sites for hydroxylation is 1. The van der Waals surface area contributed by atoms with Gasteiger partial charge in [-0.3, -0.25) is 0 Å². The monoisotopic (exact) mass is 472 g/mol. The quantitative estimate of drug-likeness (QED) is 0.414. The minimum atomic E-state index is -1.76. The van der Waals surface area contributed by atoms with Gasteiger partial charge in [-0.25, -0.2) is 4.79 Å². The maximum Gasteiger partial charge on any atom is 0.335 e. The number of carbonyl (C=O) groups is 1. The van der Waals surface area contributed by atoms with Crippen LogP contribution in [-0.4, -0.2) is 67.8 Å². The van der Waals surface area contributed by atoms with E-state index in [0.29, 0.717) is 29.9 Å². The van der Waals surface area contributed by atoms with Crippen LogP contribution in [-0.2, 0) is 16.0 Å². The van der Waals surface area contributed by atoms with Crippen LogP contribution in [0.2, 0.25) is 0 Å². The molecule has 184 valence electrons. The number of terminal acetylenes is 1. The Morgan fingerprint density at radius 2 is 1.91 bits per heavy atom. The normalized spacial score (nSPS) is 45.4. The molecule has 8 nitrogen and oxygen atoms in total. The Labute approximate surface area is 198 Å². The molecule has 5 unspecified atom stereocenters. The fraction of sp³-hybridized carbons (Fsp3) is 0.654. The van der Waals surface area contributed by atoms with E-state index < -0.39 is 42.3 Å². The maximum absolute atomic E-state index is 11.3. The maximum atomic E-state index is 11.3. The summed E-state index contributed by atoms with van der Waals surface area (Å²) >= 11 is 0. The third-order valence-electron chi connectivity index (χ3n) is 9.15. The number of carboxylic acids is 1. The predicted octanol–water partition coefficient (Wildman–Crippen LogP) is 1.18. The summed E-state index contributed by atoms with van der Waals surface area (Å²) in [7, 11) is 0. The third kappa shape index (κ3) is 3.37. The number of ether oxygens (including phenoxy) is 2. The molecule has 5 rings (SSSR count). The lowest BCUT2D eigenvalue weighted by Crippen LogP contribution is -2.61. The van der Waals surface area contributed by atoms with Gasteiger partial charge in [-0.2, -0.15) is 0 Å². The summed E-state index contributed by atoms with van der Waals surface area (Å²) in [4.78, 5) is 11.3. The van der Waals surface area contributed by atoms with Gasteiger partial charge in [0, 0.05) is 5.41 Å². The van der Waals surface area contributed by atoms with Crippen molar-refractivity contribution in [1.29, 1.82) is 0 Å². The highest BCUT2D eigenvalue weighted by Crippen LogP contribution is 2.64. The van der Waals surface area contributed by atoms with E-state index in [1.807, 2.05) is 12.1 Å². The Morgan fingerprint density at radius 1 is 1.15 bits per heavy atom. The molecule has 0 bridgehead atoms. The minimum absolute atomic E-state index is 0.260. The van der Waals surface area contributed by atoms with Crippen molar-refractivity contribution in [2.45, 2.75) is 87.7 Å². The zero-order valence-electron chi connectivity index (χ0n) is 19.1. The van der Waals surface area contributed by atoms with Crippen molar-refractivity contribution in [2.75, 3.05) is 0 Å². The predicted molar refractivity (Wildman–Crippen MR) is 120 cm³/mol. The summed E-state index contributed by atoms with van der Waals surface area (Å²) in [5, 5.41) is 50.5. The van der Waals surface area contributed by atoms with Crippen molar-refractivity contribution >= 4 is 5.97 Å². The summed E-state index contributed by atoms with van der Waals surface area (Å²) in [5.74, 6) is 2.86. The molecule has 8 heteroatoms. The lowest BCUT2D eigenvalue weighted by molar-refractivity contribution is -0.271. The number of carboxylic acid groups (broad SMARTS) is 1. The number of rotatable bonds is 3. The number of aliphatic hydroxyl groups is 4. The summed E-state index contributed by atoms with van der Waals surface area (Å²) < 4.78 is 11.0. The average molecular weight is 473 g/mol. The van der Waals surface area contributed by atoms with Crippen LogP contribution in [0.4, 0.5) is 0 Å². The molecule has 2 saturated carbocycles. The molecule has 4 aliphatic rings. The van der Waals surface area contributed by atoms with E-state index in [1.54, 1.807) is 6.07 Å². The van der Waals surface area contributed by atoms with Crippen LogP contribution in [0.1, 0.15) is 56.1 Å². The molecule has 34 heavy (non-hydrogen) atoms. The Balaban J connectivity index is 1.35. The number of hydrogen-bond donors (Lipinski definition) is 5. The molecule has 1 aliphatic heterocycles. The summed E-state index contributed by atoms with van der Waals surface area (Å²) in [6.45, 7) is 2.15. The number of fused-ring (bicyclic) bond motifs is 5. The van der Waals surface area contributed by atoms with Gasteiger partial charge in [-0.15, -0.1) is 6.42 Å². The number of benzene rings is 1. The van der Waals surface area contributed by atoms with Gasteiger partial charge in [0.1, 0.15) is 29.7 Å². The van der Waals surface area contributed by atoms with Gasteiger partial charge < -0.3 is 35.0 Å². The molecular weight excluding hydrogens is 440 g/mol.